The monoisotopic (exact) mass is 161 g/mol. The molecule has 1 aliphatic heterocycles. The standard InChI is InChI=1S/C11H13N.H2/c1-8(2)10-7-12-11-6-4-3-5-9(10)11;/h3-6,10,12H,1,7H2,2H3;1H. The van der Waals surface area contributed by atoms with Crippen LogP contribution in [0.4, 0.5) is 5.69 Å². The molecule has 0 saturated carbocycles. The fourth-order valence-corrected chi connectivity index (χ4v) is 1.72. The highest BCUT2D eigenvalue weighted by Gasteiger charge is 2.21. The minimum atomic E-state index is 0. The Kier molecular flexibility index (Phi) is 1.65. The van der Waals surface area contributed by atoms with Crippen LogP contribution in [0, 0.1) is 0 Å². The molecule has 0 radical (unpaired) electrons. The zero-order valence-corrected chi connectivity index (χ0v) is 7.30. The predicted molar refractivity (Wildman–Crippen MR) is 54.6 cm³/mol. The summed E-state index contributed by atoms with van der Waals surface area (Å²) in [5, 5.41) is 3.37. The van der Waals surface area contributed by atoms with Crippen molar-refractivity contribution in [3.8, 4) is 0 Å². The van der Waals surface area contributed by atoms with Gasteiger partial charge in [-0.25, -0.2) is 0 Å². The first kappa shape index (κ1) is 7.41. The normalized spacial score (nSPS) is 19.9. The third-order valence-corrected chi connectivity index (χ3v) is 2.43. The van der Waals surface area contributed by atoms with Crippen LogP contribution in [0.15, 0.2) is 36.4 Å². The predicted octanol–water partition coefficient (Wildman–Crippen LogP) is 3.02. The smallest absolute Gasteiger partial charge is 0.0379 e. The Morgan fingerprint density at radius 1 is 1.58 bits per heavy atom. The van der Waals surface area contributed by atoms with Crippen molar-refractivity contribution >= 4 is 5.69 Å². The van der Waals surface area contributed by atoms with Crippen molar-refractivity contribution in [1.29, 1.82) is 0 Å². The van der Waals surface area contributed by atoms with Crippen molar-refractivity contribution in [1.82, 2.24) is 0 Å². The van der Waals surface area contributed by atoms with Gasteiger partial charge in [0.1, 0.15) is 0 Å². The molecule has 1 unspecified atom stereocenters. The molecule has 64 valence electrons. The Morgan fingerprint density at radius 3 is 3.08 bits per heavy atom. The van der Waals surface area contributed by atoms with Crippen molar-refractivity contribution in [3.63, 3.8) is 0 Å². The van der Waals surface area contributed by atoms with Gasteiger partial charge in [-0.2, -0.15) is 0 Å². The van der Waals surface area contributed by atoms with Gasteiger partial charge in [0.15, 0.2) is 0 Å². The van der Waals surface area contributed by atoms with E-state index in [0.29, 0.717) is 5.92 Å². The molecule has 1 heteroatoms. The van der Waals surface area contributed by atoms with E-state index in [0.717, 1.165) is 6.54 Å². The summed E-state index contributed by atoms with van der Waals surface area (Å²) in [6.07, 6.45) is 0. The number of hydrogen-bond acceptors (Lipinski definition) is 1. The van der Waals surface area contributed by atoms with Gasteiger partial charge in [-0.1, -0.05) is 30.4 Å². The van der Waals surface area contributed by atoms with Crippen LogP contribution in [0.1, 0.15) is 19.8 Å². The molecule has 2 rings (SSSR count). The highest BCUT2D eigenvalue weighted by Crippen LogP contribution is 2.34. The van der Waals surface area contributed by atoms with E-state index >= 15 is 0 Å². The number of benzene rings is 1. The fraction of sp³-hybridized carbons (Fsp3) is 0.273. The lowest BCUT2D eigenvalue weighted by Gasteiger charge is -2.08. The fourth-order valence-electron chi connectivity index (χ4n) is 1.72. The van der Waals surface area contributed by atoms with Gasteiger partial charge in [-0.3, -0.25) is 0 Å². The molecule has 12 heavy (non-hydrogen) atoms. The van der Waals surface area contributed by atoms with E-state index in [1.54, 1.807) is 0 Å². The first-order valence-electron chi connectivity index (χ1n) is 4.27. The van der Waals surface area contributed by atoms with Crippen molar-refractivity contribution in [2.75, 3.05) is 11.9 Å². The maximum Gasteiger partial charge on any atom is 0.0379 e. The molecule has 1 atom stereocenters. The molecule has 1 nitrogen and oxygen atoms in total. The molecule has 0 aromatic heterocycles. The van der Waals surface area contributed by atoms with E-state index in [4.69, 9.17) is 0 Å². The van der Waals surface area contributed by atoms with Gasteiger partial charge in [-0.15, -0.1) is 0 Å². The molecule has 0 amide bonds. The highest BCUT2D eigenvalue weighted by atomic mass is 14.9. The van der Waals surface area contributed by atoms with E-state index in [9.17, 15) is 0 Å². The van der Waals surface area contributed by atoms with Crippen LogP contribution < -0.4 is 5.32 Å². The molecule has 0 saturated heterocycles. The summed E-state index contributed by atoms with van der Waals surface area (Å²) in [5.41, 5.74) is 3.91. The van der Waals surface area contributed by atoms with Crippen LogP contribution >= 0.6 is 0 Å². The van der Waals surface area contributed by atoms with E-state index in [1.165, 1.54) is 16.8 Å². The minimum Gasteiger partial charge on any atom is -0.384 e. The molecule has 0 spiro atoms. The number of anilines is 1. The largest absolute Gasteiger partial charge is 0.384 e. The van der Waals surface area contributed by atoms with Crippen LogP contribution in [0.3, 0.4) is 0 Å². The summed E-state index contributed by atoms with van der Waals surface area (Å²) in [4.78, 5) is 0. The van der Waals surface area contributed by atoms with E-state index in [-0.39, 0.29) is 1.43 Å². The van der Waals surface area contributed by atoms with Gasteiger partial charge in [0.25, 0.3) is 0 Å². The molecule has 0 fully saturated rings. The average molecular weight is 161 g/mol. The Balaban J connectivity index is 0.000000845. The van der Waals surface area contributed by atoms with E-state index < -0.39 is 0 Å². The van der Waals surface area contributed by atoms with Gasteiger partial charge in [0.05, 0.1) is 0 Å². The van der Waals surface area contributed by atoms with E-state index in [2.05, 4.69) is 43.1 Å². The van der Waals surface area contributed by atoms with Gasteiger partial charge < -0.3 is 5.32 Å². The number of para-hydroxylation sites is 1. The summed E-state index contributed by atoms with van der Waals surface area (Å²) < 4.78 is 0. The quantitative estimate of drug-likeness (QED) is 0.624. The Bertz CT molecular complexity index is 320. The van der Waals surface area contributed by atoms with Crippen LogP contribution in [0.2, 0.25) is 0 Å². The minimum absolute atomic E-state index is 0. The first-order chi connectivity index (χ1) is 5.79. The lowest BCUT2D eigenvalue weighted by molar-refractivity contribution is 0.885. The van der Waals surface area contributed by atoms with Crippen molar-refractivity contribution in [2.45, 2.75) is 12.8 Å². The molecular formula is C11H15N. The number of nitrogens with one attached hydrogen (secondary N) is 1. The SMILES string of the molecule is C=C(C)C1CNc2ccccc21.[HH]. The Morgan fingerprint density at radius 2 is 2.33 bits per heavy atom. The molecule has 1 heterocycles. The summed E-state index contributed by atoms with van der Waals surface area (Å²) in [6, 6.07) is 8.45. The number of fused-ring (bicyclic) bond motifs is 1. The van der Waals surface area contributed by atoms with Gasteiger partial charge in [0, 0.05) is 19.6 Å². The topological polar surface area (TPSA) is 12.0 Å². The second-order valence-corrected chi connectivity index (χ2v) is 3.37. The second kappa shape index (κ2) is 2.67. The summed E-state index contributed by atoms with van der Waals surface area (Å²) in [6.45, 7) is 7.10. The van der Waals surface area contributed by atoms with Crippen molar-refractivity contribution in [3.05, 3.63) is 42.0 Å². The molecule has 0 aliphatic carbocycles. The third kappa shape index (κ3) is 1.02. The summed E-state index contributed by atoms with van der Waals surface area (Å²) in [5.74, 6) is 0.515. The zero-order chi connectivity index (χ0) is 8.55. The highest BCUT2D eigenvalue weighted by molar-refractivity contribution is 5.59. The third-order valence-electron chi connectivity index (χ3n) is 2.43. The Hall–Kier alpha value is -1.24. The van der Waals surface area contributed by atoms with Crippen molar-refractivity contribution < 1.29 is 1.43 Å². The molecule has 1 aromatic rings. The maximum atomic E-state index is 4.00. The van der Waals surface area contributed by atoms with Crippen LogP contribution in [0.25, 0.3) is 0 Å². The van der Waals surface area contributed by atoms with Crippen LogP contribution in [-0.2, 0) is 0 Å². The molecule has 0 bridgehead atoms. The van der Waals surface area contributed by atoms with Gasteiger partial charge in [0.2, 0.25) is 0 Å². The molecule has 1 aliphatic rings. The lowest BCUT2D eigenvalue weighted by Crippen LogP contribution is -2.01. The van der Waals surface area contributed by atoms with Crippen LogP contribution in [0.5, 0.6) is 0 Å². The molecule has 1 N–H and O–H groups in total. The second-order valence-electron chi connectivity index (χ2n) is 3.37. The number of hydrogen-bond donors (Lipinski definition) is 1. The van der Waals surface area contributed by atoms with E-state index in [1.807, 2.05) is 0 Å². The van der Waals surface area contributed by atoms with Gasteiger partial charge in [-0.05, 0) is 18.6 Å². The summed E-state index contributed by atoms with van der Waals surface area (Å²) >= 11 is 0. The molecular weight excluding hydrogens is 146 g/mol. The number of rotatable bonds is 1. The zero-order valence-electron chi connectivity index (χ0n) is 7.30. The van der Waals surface area contributed by atoms with Crippen molar-refractivity contribution in [2.24, 2.45) is 0 Å². The average Bonchev–Trinajstić information content (AvgIpc) is 2.47. The van der Waals surface area contributed by atoms with Crippen LogP contribution in [-0.4, -0.2) is 6.54 Å². The maximum absolute atomic E-state index is 4.00. The summed E-state index contributed by atoms with van der Waals surface area (Å²) in [7, 11) is 0. The Labute approximate surface area is 74.6 Å². The lowest BCUT2D eigenvalue weighted by atomic mass is 9.95. The molecule has 1 aromatic carbocycles. The first-order valence-corrected chi connectivity index (χ1v) is 4.27. The van der Waals surface area contributed by atoms with Gasteiger partial charge >= 0.3 is 0 Å².